The lowest BCUT2D eigenvalue weighted by molar-refractivity contribution is 0.0500. The fourth-order valence-corrected chi connectivity index (χ4v) is 5.39. The zero-order valence-corrected chi connectivity index (χ0v) is 20.6. The van der Waals surface area contributed by atoms with E-state index in [-0.39, 0.29) is 30.0 Å². The minimum Gasteiger partial charge on any atom is -0.491 e. The van der Waals surface area contributed by atoms with E-state index in [1.165, 1.54) is 30.0 Å². The van der Waals surface area contributed by atoms with E-state index in [2.05, 4.69) is 54.9 Å². The second kappa shape index (κ2) is 10.3. The number of hydrogen-bond donors (Lipinski definition) is 3. The molecule has 0 unspecified atom stereocenters. The van der Waals surface area contributed by atoms with Gasteiger partial charge in [0.1, 0.15) is 17.8 Å². The highest BCUT2D eigenvalue weighted by Gasteiger charge is 2.43. The summed E-state index contributed by atoms with van der Waals surface area (Å²) in [6.45, 7) is 6.06. The van der Waals surface area contributed by atoms with Gasteiger partial charge in [0.15, 0.2) is 11.6 Å². The van der Waals surface area contributed by atoms with E-state index in [0.29, 0.717) is 36.2 Å². The van der Waals surface area contributed by atoms with Crippen molar-refractivity contribution in [1.29, 1.82) is 0 Å². The molecular formula is C24H32FN9O2. The number of aliphatic hydroxyl groups excluding tert-OH is 1. The van der Waals surface area contributed by atoms with Crippen molar-refractivity contribution in [2.24, 2.45) is 0 Å². The Morgan fingerprint density at radius 3 is 3.00 bits per heavy atom. The third kappa shape index (κ3) is 5.24. The number of tetrazole rings is 1. The molecule has 0 amide bonds. The van der Waals surface area contributed by atoms with Crippen molar-refractivity contribution in [2.45, 2.75) is 63.6 Å². The molecule has 0 spiro atoms. The first-order valence-corrected chi connectivity index (χ1v) is 12.4. The summed E-state index contributed by atoms with van der Waals surface area (Å²) < 4.78 is 21.9. The van der Waals surface area contributed by atoms with Gasteiger partial charge in [-0.3, -0.25) is 4.90 Å². The van der Waals surface area contributed by atoms with Crippen LogP contribution in [-0.4, -0.2) is 77.6 Å². The maximum atomic E-state index is 14.7. The van der Waals surface area contributed by atoms with Gasteiger partial charge < -0.3 is 20.5 Å². The van der Waals surface area contributed by atoms with Gasteiger partial charge in [-0.15, -0.1) is 5.10 Å². The third-order valence-corrected chi connectivity index (χ3v) is 6.91. The Morgan fingerprint density at radius 2 is 2.19 bits per heavy atom. The van der Waals surface area contributed by atoms with Gasteiger partial charge in [-0.1, -0.05) is 0 Å². The number of nitrogens with zero attached hydrogens (tertiary/aromatic N) is 7. The van der Waals surface area contributed by atoms with Crippen LogP contribution in [0.1, 0.15) is 46.0 Å². The molecule has 12 heteroatoms. The monoisotopic (exact) mass is 497 g/mol. The van der Waals surface area contributed by atoms with E-state index in [4.69, 9.17) is 9.84 Å². The van der Waals surface area contributed by atoms with Crippen LogP contribution in [0.5, 0.6) is 5.75 Å². The maximum absolute atomic E-state index is 14.7. The topological polar surface area (TPSA) is 126 Å². The van der Waals surface area contributed by atoms with Crippen molar-refractivity contribution in [3.63, 3.8) is 0 Å². The van der Waals surface area contributed by atoms with Crippen LogP contribution in [-0.2, 0) is 0 Å². The smallest absolute Gasteiger partial charge is 0.229 e. The van der Waals surface area contributed by atoms with Crippen LogP contribution in [0.2, 0.25) is 0 Å². The van der Waals surface area contributed by atoms with Gasteiger partial charge in [-0.2, -0.15) is 9.67 Å². The van der Waals surface area contributed by atoms with Crippen LogP contribution < -0.4 is 15.4 Å². The molecule has 0 bridgehead atoms. The van der Waals surface area contributed by atoms with Crippen molar-refractivity contribution < 1.29 is 14.2 Å². The van der Waals surface area contributed by atoms with Crippen LogP contribution in [0.3, 0.4) is 0 Å². The Kier molecular flexibility index (Phi) is 6.97. The molecule has 2 aliphatic heterocycles. The van der Waals surface area contributed by atoms with Crippen LogP contribution in [0.25, 0.3) is 5.69 Å². The van der Waals surface area contributed by atoms with Crippen molar-refractivity contribution in [2.75, 3.05) is 30.4 Å². The Labute approximate surface area is 209 Å². The molecule has 2 saturated heterocycles. The summed E-state index contributed by atoms with van der Waals surface area (Å²) >= 11 is 0. The molecule has 2 atom stereocenters. The molecule has 1 aromatic carbocycles. The Bertz CT molecular complexity index is 1170. The summed E-state index contributed by atoms with van der Waals surface area (Å²) in [6, 6.07) is 6.04. The van der Waals surface area contributed by atoms with Gasteiger partial charge in [0.2, 0.25) is 5.95 Å². The van der Waals surface area contributed by atoms with E-state index in [1.807, 2.05) is 0 Å². The molecule has 192 valence electrons. The van der Waals surface area contributed by atoms with Crippen LogP contribution >= 0.6 is 0 Å². The largest absolute Gasteiger partial charge is 0.491 e. The molecule has 3 aromatic rings. The highest BCUT2D eigenvalue weighted by molar-refractivity contribution is 5.62. The molecule has 36 heavy (non-hydrogen) atoms. The number of halogens is 1. The molecule has 0 radical (unpaired) electrons. The Morgan fingerprint density at radius 1 is 1.31 bits per heavy atom. The summed E-state index contributed by atoms with van der Waals surface area (Å²) in [5.74, 6) is 0.552. The first-order chi connectivity index (χ1) is 17.4. The molecule has 4 heterocycles. The predicted molar refractivity (Wildman–Crippen MR) is 132 cm³/mol. The highest BCUT2D eigenvalue weighted by atomic mass is 19.1. The maximum Gasteiger partial charge on any atom is 0.229 e. The van der Waals surface area contributed by atoms with Gasteiger partial charge in [0.05, 0.1) is 12.8 Å². The van der Waals surface area contributed by atoms with Crippen molar-refractivity contribution in [3.05, 3.63) is 36.5 Å². The van der Waals surface area contributed by atoms with E-state index < -0.39 is 5.82 Å². The van der Waals surface area contributed by atoms with Crippen molar-refractivity contribution in [1.82, 2.24) is 35.1 Å². The normalized spacial score (nSPS) is 21.2. The van der Waals surface area contributed by atoms with E-state index in [1.54, 1.807) is 18.2 Å². The molecular weight excluding hydrogens is 465 g/mol. The number of hydrogen-bond acceptors (Lipinski definition) is 10. The van der Waals surface area contributed by atoms with Crippen LogP contribution in [0.4, 0.5) is 21.8 Å². The van der Waals surface area contributed by atoms with Gasteiger partial charge in [0.25, 0.3) is 0 Å². The lowest BCUT2D eigenvalue weighted by atomic mass is 9.84. The summed E-state index contributed by atoms with van der Waals surface area (Å²) in [4.78, 5) is 11.2. The second-order valence-corrected chi connectivity index (χ2v) is 9.96. The summed E-state index contributed by atoms with van der Waals surface area (Å²) in [5.41, 5.74) is 1.33. The van der Waals surface area contributed by atoms with E-state index >= 15 is 0 Å². The van der Waals surface area contributed by atoms with Gasteiger partial charge >= 0.3 is 0 Å². The van der Waals surface area contributed by atoms with Crippen LogP contribution in [0.15, 0.2) is 30.7 Å². The van der Waals surface area contributed by atoms with E-state index in [0.717, 1.165) is 19.4 Å². The first-order valence-electron chi connectivity index (χ1n) is 12.4. The highest BCUT2D eigenvalue weighted by Crippen LogP contribution is 2.38. The van der Waals surface area contributed by atoms with E-state index in [9.17, 15) is 4.39 Å². The summed E-state index contributed by atoms with van der Waals surface area (Å²) in [5, 5.41) is 26.9. The Balaban J connectivity index is 1.33. The molecule has 0 saturated carbocycles. The number of aliphatic hydroxyl groups is 1. The number of piperidine rings is 1. The molecule has 11 nitrogen and oxygen atoms in total. The lowest BCUT2D eigenvalue weighted by Gasteiger charge is -2.47. The fourth-order valence-electron chi connectivity index (χ4n) is 5.39. The molecule has 5 rings (SSSR count). The summed E-state index contributed by atoms with van der Waals surface area (Å²) in [6.07, 6.45) is 7.45. The molecule has 2 fully saturated rings. The number of benzene rings is 1. The van der Waals surface area contributed by atoms with Crippen molar-refractivity contribution in [3.8, 4) is 11.4 Å². The zero-order chi connectivity index (χ0) is 25.1. The zero-order valence-electron chi connectivity index (χ0n) is 20.6. The number of ether oxygens (including phenoxy) is 1. The number of fused-ring (bicyclic) bond motifs is 1. The van der Waals surface area contributed by atoms with Crippen molar-refractivity contribution >= 4 is 17.5 Å². The quantitative estimate of drug-likeness (QED) is 0.380. The predicted octanol–water partition coefficient (Wildman–Crippen LogP) is 2.91. The molecule has 2 aromatic heterocycles. The van der Waals surface area contributed by atoms with Gasteiger partial charge in [-0.25, -0.2) is 9.37 Å². The average Bonchev–Trinajstić information content (AvgIpc) is 3.55. The number of anilines is 3. The minimum absolute atomic E-state index is 0.0371. The number of aromatic nitrogens is 6. The van der Waals surface area contributed by atoms with Gasteiger partial charge in [-0.05, 0) is 74.7 Å². The third-order valence-electron chi connectivity index (χ3n) is 6.91. The summed E-state index contributed by atoms with van der Waals surface area (Å²) in [7, 11) is 0. The SMILES string of the molecule is CC1(C)C[C@H](Nc2nc(Nc3ccc(OCCCO)c(-n4cnnn4)c3)ncc2F)C[C@H]2CCCN21. The molecule has 0 aliphatic carbocycles. The van der Waals surface area contributed by atoms with Crippen LogP contribution in [0, 0.1) is 5.82 Å². The minimum atomic E-state index is -0.478. The molecule has 3 N–H and O–H groups in total. The lowest BCUT2D eigenvalue weighted by Crippen LogP contribution is -2.55. The van der Waals surface area contributed by atoms with Gasteiger partial charge in [0, 0.05) is 36.3 Å². The standard InChI is InChI=1S/C24H32FN9O2/c1-24(2)13-17(11-18-5-3-8-33(18)24)28-22-19(25)14-26-23(30-22)29-16-6-7-21(36-10-4-9-35)20(12-16)34-15-27-31-32-34/h6-7,12,14-15,17-18,35H,3-5,8-11,13H2,1-2H3,(H2,26,28,29,30)/t17-,18-/m1/s1. The fraction of sp³-hybridized carbons (Fsp3) is 0.542. The average molecular weight is 498 g/mol. The second-order valence-electron chi connectivity index (χ2n) is 9.96. The first kappa shape index (κ1) is 24.3. The Hall–Kier alpha value is -3.38. The number of nitrogens with one attached hydrogen (secondary N) is 2. The number of rotatable bonds is 9. The molecule has 2 aliphatic rings.